The first-order valence-corrected chi connectivity index (χ1v) is 7.17. The van der Waals surface area contributed by atoms with Crippen LogP contribution in [0.25, 0.3) is 11.0 Å². The SMILES string of the molecule is CCCCNC(=O)c1cc2cnn(C(C)C)c2nc1C. The van der Waals surface area contributed by atoms with Crippen molar-refractivity contribution in [2.24, 2.45) is 0 Å². The van der Waals surface area contributed by atoms with Gasteiger partial charge in [0.15, 0.2) is 5.65 Å². The van der Waals surface area contributed by atoms with Gasteiger partial charge in [-0.3, -0.25) is 4.79 Å². The van der Waals surface area contributed by atoms with Crippen molar-refractivity contribution in [2.75, 3.05) is 6.54 Å². The Morgan fingerprint density at radius 2 is 2.20 bits per heavy atom. The van der Waals surface area contributed by atoms with Gasteiger partial charge >= 0.3 is 0 Å². The van der Waals surface area contributed by atoms with E-state index in [0.29, 0.717) is 12.1 Å². The van der Waals surface area contributed by atoms with E-state index in [1.54, 1.807) is 6.20 Å². The number of aryl methyl sites for hydroxylation is 1. The Morgan fingerprint density at radius 3 is 2.85 bits per heavy atom. The van der Waals surface area contributed by atoms with Crippen LogP contribution in [0.4, 0.5) is 0 Å². The van der Waals surface area contributed by atoms with Crippen molar-refractivity contribution in [1.29, 1.82) is 0 Å². The summed E-state index contributed by atoms with van der Waals surface area (Å²) in [6.07, 6.45) is 3.83. The molecule has 2 aromatic heterocycles. The van der Waals surface area contributed by atoms with Crippen molar-refractivity contribution >= 4 is 16.9 Å². The van der Waals surface area contributed by atoms with Crippen molar-refractivity contribution in [3.63, 3.8) is 0 Å². The minimum atomic E-state index is -0.0531. The van der Waals surface area contributed by atoms with E-state index >= 15 is 0 Å². The first-order valence-electron chi connectivity index (χ1n) is 7.17. The van der Waals surface area contributed by atoms with E-state index in [9.17, 15) is 4.79 Å². The topological polar surface area (TPSA) is 59.8 Å². The number of amides is 1. The molecule has 0 bridgehead atoms. The quantitative estimate of drug-likeness (QED) is 0.853. The van der Waals surface area contributed by atoms with Gasteiger partial charge in [0, 0.05) is 18.0 Å². The normalized spacial score (nSPS) is 11.2. The second kappa shape index (κ2) is 6.03. The van der Waals surface area contributed by atoms with Crippen LogP contribution >= 0.6 is 0 Å². The Kier molecular flexibility index (Phi) is 4.37. The highest BCUT2D eigenvalue weighted by Crippen LogP contribution is 2.19. The molecule has 2 aromatic rings. The van der Waals surface area contributed by atoms with Crippen LogP contribution in [0.5, 0.6) is 0 Å². The number of pyridine rings is 1. The van der Waals surface area contributed by atoms with E-state index in [2.05, 4.69) is 36.2 Å². The van der Waals surface area contributed by atoms with Crippen LogP contribution in [0.1, 0.15) is 55.7 Å². The molecule has 0 saturated heterocycles. The molecule has 5 heteroatoms. The summed E-state index contributed by atoms with van der Waals surface area (Å²) in [5.41, 5.74) is 2.22. The molecule has 0 atom stereocenters. The first kappa shape index (κ1) is 14.5. The molecule has 1 amide bonds. The number of nitrogens with one attached hydrogen (secondary N) is 1. The summed E-state index contributed by atoms with van der Waals surface area (Å²) in [5, 5.41) is 8.17. The van der Waals surface area contributed by atoms with Crippen LogP contribution in [0.2, 0.25) is 0 Å². The Hall–Kier alpha value is -1.91. The molecule has 0 fully saturated rings. The van der Waals surface area contributed by atoms with Crippen LogP contribution in [0.15, 0.2) is 12.3 Å². The van der Waals surface area contributed by atoms with Crippen molar-refractivity contribution in [2.45, 2.75) is 46.6 Å². The molecule has 1 N–H and O–H groups in total. The van der Waals surface area contributed by atoms with Crippen molar-refractivity contribution in [1.82, 2.24) is 20.1 Å². The van der Waals surface area contributed by atoms with Gasteiger partial charge in [-0.1, -0.05) is 13.3 Å². The highest BCUT2D eigenvalue weighted by molar-refractivity contribution is 5.98. The molecule has 108 valence electrons. The van der Waals surface area contributed by atoms with Crippen molar-refractivity contribution in [3.05, 3.63) is 23.5 Å². The van der Waals surface area contributed by atoms with Gasteiger partial charge in [0.1, 0.15) is 0 Å². The highest BCUT2D eigenvalue weighted by Gasteiger charge is 2.14. The fourth-order valence-electron chi connectivity index (χ4n) is 2.15. The van der Waals surface area contributed by atoms with Gasteiger partial charge in [-0.15, -0.1) is 0 Å². The smallest absolute Gasteiger partial charge is 0.253 e. The van der Waals surface area contributed by atoms with Crippen molar-refractivity contribution < 1.29 is 4.79 Å². The van der Waals surface area contributed by atoms with Gasteiger partial charge in [-0.05, 0) is 33.3 Å². The molecule has 5 nitrogen and oxygen atoms in total. The molecule has 2 heterocycles. The molecule has 0 aliphatic heterocycles. The van der Waals surface area contributed by atoms with Crippen LogP contribution in [0, 0.1) is 6.92 Å². The monoisotopic (exact) mass is 274 g/mol. The fourth-order valence-corrected chi connectivity index (χ4v) is 2.15. The summed E-state index contributed by atoms with van der Waals surface area (Å²) in [6.45, 7) is 8.80. The number of hydrogen-bond donors (Lipinski definition) is 1. The fraction of sp³-hybridized carbons (Fsp3) is 0.533. The van der Waals surface area contributed by atoms with Crippen LogP contribution in [-0.2, 0) is 0 Å². The van der Waals surface area contributed by atoms with E-state index < -0.39 is 0 Å². The lowest BCUT2D eigenvalue weighted by molar-refractivity contribution is 0.0952. The largest absolute Gasteiger partial charge is 0.352 e. The minimum Gasteiger partial charge on any atom is -0.352 e. The number of nitrogens with zero attached hydrogens (tertiary/aromatic N) is 3. The number of carbonyl (C=O) groups is 1. The first-order chi connectivity index (χ1) is 9.54. The Bertz CT molecular complexity index is 616. The van der Waals surface area contributed by atoms with Gasteiger partial charge in [0.25, 0.3) is 5.91 Å². The summed E-state index contributed by atoms with van der Waals surface area (Å²) in [7, 11) is 0. The van der Waals surface area contributed by atoms with Gasteiger partial charge in [-0.2, -0.15) is 5.10 Å². The van der Waals surface area contributed by atoms with E-state index in [-0.39, 0.29) is 11.9 Å². The molecule has 2 rings (SSSR count). The summed E-state index contributed by atoms with van der Waals surface area (Å²) in [4.78, 5) is 16.7. The molecule has 0 unspecified atom stereocenters. The average Bonchev–Trinajstić information content (AvgIpc) is 2.80. The lowest BCUT2D eigenvalue weighted by atomic mass is 10.1. The van der Waals surface area contributed by atoms with Crippen LogP contribution in [-0.4, -0.2) is 27.2 Å². The number of fused-ring (bicyclic) bond motifs is 1. The molecule has 0 radical (unpaired) electrons. The third kappa shape index (κ3) is 2.81. The predicted octanol–water partition coefficient (Wildman–Crippen LogP) is 2.85. The molecule has 0 aliphatic rings. The van der Waals surface area contributed by atoms with E-state index in [0.717, 1.165) is 29.6 Å². The minimum absolute atomic E-state index is 0.0531. The Labute approximate surface area is 119 Å². The maximum atomic E-state index is 12.1. The summed E-state index contributed by atoms with van der Waals surface area (Å²) in [6, 6.07) is 2.13. The number of carbonyl (C=O) groups excluding carboxylic acids is 1. The van der Waals surface area contributed by atoms with E-state index in [1.807, 2.05) is 17.7 Å². The zero-order valence-electron chi connectivity index (χ0n) is 12.6. The van der Waals surface area contributed by atoms with Gasteiger partial charge in [-0.25, -0.2) is 9.67 Å². The number of rotatable bonds is 5. The van der Waals surface area contributed by atoms with Crippen LogP contribution in [0.3, 0.4) is 0 Å². The number of unbranched alkanes of at least 4 members (excludes halogenated alkanes) is 1. The van der Waals surface area contributed by atoms with Gasteiger partial charge in [0.05, 0.1) is 17.5 Å². The zero-order chi connectivity index (χ0) is 14.7. The van der Waals surface area contributed by atoms with E-state index in [4.69, 9.17) is 0 Å². The van der Waals surface area contributed by atoms with E-state index in [1.165, 1.54) is 0 Å². The third-order valence-corrected chi connectivity index (χ3v) is 3.31. The second-order valence-electron chi connectivity index (χ2n) is 5.33. The molecule has 0 aliphatic carbocycles. The predicted molar refractivity (Wildman–Crippen MR) is 79.9 cm³/mol. The summed E-state index contributed by atoms with van der Waals surface area (Å²) in [5.74, 6) is -0.0531. The Balaban J connectivity index is 2.32. The maximum Gasteiger partial charge on any atom is 0.253 e. The lowest BCUT2D eigenvalue weighted by Gasteiger charge is -2.09. The van der Waals surface area contributed by atoms with Gasteiger partial charge in [0.2, 0.25) is 0 Å². The third-order valence-electron chi connectivity index (χ3n) is 3.31. The van der Waals surface area contributed by atoms with Crippen molar-refractivity contribution in [3.8, 4) is 0 Å². The Morgan fingerprint density at radius 1 is 1.45 bits per heavy atom. The zero-order valence-corrected chi connectivity index (χ0v) is 12.6. The molecule has 20 heavy (non-hydrogen) atoms. The molecule has 0 spiro atoms. The lowest BCUT2D eigenvalue weighted by Crippen LogP contribution is -2.25. The second-order valence-corrected chi connectivity index (χ2v) is 5.33. The number of hydrogen-bond acceptors (Lipinski definition) is 3. The molecular weight excluding hydrogens is 252 g/mol. The highest BCUT2D eigenvalue weighted by atomic mass is 16.1. The number of aromatic nitrogens is 3. The van der Waals surface area contributed by atoms with Crippen LogP contribution < -0.4 is 5.32 Å². The molecule has 0 aromatic carbocycles. The summed E-state index contributed by atoms with van der Waals surface area (Å²) < 4.78 is 1.88. The average molecular weight is 274 g/mol. The maximum absolute atomic E-state index is 12.1. The standard InChI is InChI=1S/C15H22N4O/c1-5-6-7-16-15(20)13-8-12-9-17-19(10(2)3)14(12)18-11(13)4/h8-10H,5-7H2,1-4H3,(H,16,20). The molecule has 0 saturated carbocycles. The van der Waals surface area contributed by atoms with Gasteiger partial charge < -0.3 is 5.32 Å². The summed E-state index contributed by atoms with van der Waals surface area (Å²) >= 11 is 0. The molecular formula is C15H22N4O.